The van der Waals surface area contributed by atoms with Gasteiger partial charge in [-0.2, -0.15) is 0 Å². The van der Waals surface area contributed by atoms with E-state index < -0.39 is 0 Å². The topological polar surface area (TPSA) is 68.7 Å². The maximum absolute atomic E-state index is 11.9. The highest BCUT2D eigenvalue weighted by Gasteiger charge is 2.42. The van der Waals surface area contributed by atoms with Gasteiger partial charge in [0, 0.05) is 31.7 Å². The maximum atomic E-state index is 11.9. The Morgan fingerprint density at radius 1 is 1.38 bits per heavy atom. The Kier molecular flexibility index (Phi) is 3.49. The predicted octanol–water partition coefficient (Wildman–Crippen LogP) is 0.576. The van der Waals surface area contributed by atoms with E-state index in [2.05, 4.69) is 33.9 Å². The van der Waals surface area contributed by atoms with Crippen LogP contribution in [0.25, 0.3) is 0 Å². The van der Waals surface area contributed by atoms with Gasteiger partial charge >= 0.3 is 0 Å². The molecule has 0 radical (unpaired) electrons. The molecule has 3 rings (SSSR count). The number of carbonyl (C=O) groups excluding carboxylic acids is 1. The molecule has 1 amide bonds. The molecular weight excluding hydrogens is 268 g/mol. The number of rotatable bonds is 2. The zero-order valence-electron chi connectivity index (χ0n) is 12.5. The van der Waals surface area contributed by atoms with Gasteiger partial charge in [0.15, 0.2) is 0 Å². The van der Waals surface area contributed by atoms with Crippen molar-refractivity contribution in [3.63, 3.8) is 0 Å². The number of nitrogens with zero attached hydrogens (tertiary/aromatic N) is 3. The third-order valence-electron chi connectivity index (χ3n) is 4.42. The summed E-state index contributed by atoms with van der Waals surface area (Å²) >= 11 is 0. The van der Waals surface area contributed by atoms with Gasteiger partial charge in [-0.1, -0.05) is 0 Å². The van der Waals surface area contributed by atoms with Crippen LogP contribution in [0.3, 0.4) is 0 Å². The summed E-state index contributed by atoms with van der Waals surface area (Å²) in [5.74, 6) is 1.20. The third-order valence-corrected chi connectivity index (χ3v) is 4.42. The molecule has 2 aliphatic rings. The van der Waals surface area contributed by atoms with E-state index >= 15 is 0 Å². The minimum absolute atomic E-state index is 0.00470. The number of anilines is 1. The van der Waals surface area contributed by atoms with Crippen molar-refractivity contribution in [1.29, 1.82) is 0 Å². The Morgan fingerprint density at radius 2 is 2.19 bits per heavy atom. The van der Waals surface area contributed by atoms with Crippen LogP contribution in [0.15, 0.2) is 18.3 Å². The lowest BCUT2D eigenvalue weighted by atomic mass is 9.95. The predicted molar refractivity (Wildman–Crippen MR) is 80.3 cm³/mol. The van der Waals surface area contributed by atoms with Crippen molar-refractivity contribution in [2.24, 2.45) is 0 Å². The van der Waals surface area contributed by atoms with Crippen LogP contribution in [0, 0.1) is 0 Å². The largest absolute Gasteiger partial charge is 0.506 e. The number of pyridine rings is 1. The molecule has 3 heterocycles. The van der Waals surface area contributed by atoms with Crippen molar-refractivity contribution in [2.75, 3.05) is 31.1 Å². The van der Waals surface area contributed by atoms with Gasteiger partial charge in [-0.15, -0.1) is 0 Å². The zero-order chi connectivity index (χ0) is 15.0. The molecule has 0 spiro atoms. The molecule has 21 heavy (non-hydrogen) atoms. The van der Waals surface area contributed by atoms with Crippen molar-refractivity contribution in [3.8, 4) is 5.75 Å². The number of hydrogen-bond donors (Lipinski definition) is 2. The van der Waals surface area contributed by atoms with Gasteiger partial charge in [-0.25, -0.2) is 4.98 Å². The van der Waals surface area contributed by atoms with E-state index in [0.29, 0.717) is 0 Å². The number of aromatic hydroxyl groups is 1. The summed E-state index contributed by atoms with van der Waals surface area (Å²) in [7, 11) is 0. The van der Waals surface area contributed by atoms with E-state index in [1.165, 1.54) is 6.20 Å². The first-order valence-corrected chi connectivity index (χ1v) is 7.42. The molecule has 1 aromatic rings. The lowest BCUT2D eigenvalue weighted by Crippen LogP contribution is -2.63. The lowest BCUT2D eigenvalue weighted by molar-refractivity contribution is -0.126. The molecule has 1 aromatic heterocycles. The van der Waals surface area contributed by atoms with Crippen LogP contribution in [0.4, 0.5) is 5.82 Å². The summed E-state index contributed by atoms with van der Waals surface area (Å²) in [6.45, 7) is 7.61. The van der Waals surface area contributed by atoms with Crippen molar-refractivity contribution in [3.05, 3.63) is 18.3 Å². The van der Waals surface area contributed by atoms with Crippen molar-refractivity contribution in [1.82, 2.24) is 15.2 Å². The molecule has 6 nitrogen and oxygen atoms in total. The van der Waals surface area contributed by atoms with Crippen LogP contribution < -0.4 is 10.2 Å². The Balaban J connectivity index is 1.75. The second-order valence-electron chi connectivity index (χ2n) is 6.40. The molecule has 2 saturated heterocycles. The fraction of sp³-hybridized carbons (Fsp3) is 0.600. The fourth-order valence-corrected chi connectivity index (χ4v) is 3.39. The van der Waals surface area contributed by atoms with Gasteiger partial charge in [0.1, 0.15) is 11.6 Å². The summed E-state index contributed by atoms with van der Waals surface area (Å²) in [5.41, 5.74) is -0.0931. The molecule has 0 saturated carbocycles. The van der Waals surface area contributed by atoms with E-state index in [9.17, 15) is 9.90 Å². The third kappa shape index (κ3) is 2.68. The molecule has 2 aliphatic heterocycles. The summed E-state index contributed by atoms with van der Waals surface area (Å²) < 4.78 is 0. The Morgan fingerprint density at radius 3 is 2.76 bits per heavy atom. The molecule has 1 atom stereocenters. The van der Waals surface area contributed by atoms with Crippen molar-refractivity contribution in [2.45, 2.75) is 31.8 Å². The van der Waals surface area contributed by atoms with Crippen LogP contribution in [0.2, 0.25) is 0 Å². The number of amides is 1. The Labute approximate surface area is 124 Å². The fourth-order valence-electron chi connectivity index (χ4n) is 3.39. The van der Waals surface area contributed by atoms with Gasteiger partial charge in [-0.3, -0.25) is 9.69 Å². The molecule has 2 fully saturated rings. The minimum Gasteiger partial charge on any atom is -0.506 e. The number of hydrogen-bond acceptors (Lipinski definition) is 5. The highest BCUT2D eigenvalue weighted by atomic mass is 16.3. The first-order chi connectivity index (χ1) is 9.97. The zero-order valence-corrected chi connectivity index (χ0v) is 12.5. The number of carbonyl (C=O) groups is 1. The molecule has 1 unspecified atom stereocenters. The Bertz CT molecular complexity index is 529. The van der Waals surface area contributed by atoms with Crippen LogP contribution >= 0.6 is 0 Å². The second-order valence-corrected chi connectivity index (χ2v) is 6.40. The van der Waals surface area contributed by atoms with E-state index in [0.717, 1.165) is 38.4 Å². The molecule has 0 aromatic carbocycles. The van der Waals surface area contributed by atoms with Crippen molar-refractivity contribution < 1.29 is 9.90 Å². The molecule has 0 aliphatic carbocycles. The molecular formula is C15H22N4O2. The SMILES string of the molecule is CC1(C)CN(c2ccc(O)cn2)CCN1C1CCNC1=O. The van der Waals surface area contributed by atoms with E-state index in [-0.39, 0.29) is 23.2 Å². The first kappa shape index (κ1) is 14.1. The molecule has 2 N–H and O–H groups in total. The smallest absolute Gasteiger partial charge is 0.237 e. The quantitative estimate of drug-likeness (QED) is 0.834. The van der Waals surface area contributed by atoms with E-state index in [1.54, 1.807) is 6.07 Å². The van der Waals surface area contributed by atoms with E-state index in [1.807, 2.05) is 6.07 Å². The normalized spacial score (nSPS) is 25.9. The number of nitrogens with one attached hydrogen (secondary N) is 1. The van der Waals surface area contributed by atoms with Gasteiger partial charge in [-0.05, 0) is 32.4 Å². The average molecular weight is 290 g/mol. The van der Waals surface area contributed by atoms with E-state index in [4.69, 9.17) is 0 Å². The summed E-state index contributed by atoms with van der Waals surface area (Å²) in [6, 6.07) is 3.49. The number of aromatic nitrogens is 1. The van der Waals surface area contributed by atoms with Gasteiger partial charge in [0.25, 0.3) is 0 Å². The van der Waals surface area contributed by atoms with Gasteiger partial charge in [0.05, 0.1) is 12.2 Å². The second kappa shape index (κ2) is 5.18. The molecule has 6 heteroatoms. The van der Waals surface area contributed by atoms with Gasteiger partial charge in [0.2, 0.25) is 5.91 Å². The minimum atomic E-state index is -0.0931. The standard InChI is InChI=1S/C15H22N4O2/c1-15(2)10-18(13-4-3-11(20)9-17-13)7-8-19(15)12-5-6-16-14(12)21/h3-4,9,12,20H,5-8,10H2,1-2H3,(H,16,21). The molecule has 0 bridgehead atoms. The van der Waals surface area contributed by atoms with Crippen LogP contribution in [0.1, 0.15) is 20.3 Å². The summed E-state index contributed by atoms with van der Waals surface area (Å²) in [6.07, 6.45) is 2.36. The summed E-state index contributed by atoms with van der Waals surface area (Å²) in [5, 5.41) is 12.3. The Hall–Kier alpha value is -1.82. The van der Waals surface area contributed by atoms with Crippen LogP contribution in [-0.2, 0) is 4.79 Å². The van der Waals surface area contributed by atoms with Crippen molar-refractivity contribution >= 4 is 11.7 Å². The monoisotopic (exact) mass is 290 g/mol. The highest BCUT2D eigenvalue weighted by molar-refractivity contribution is 5.83. The summed E-state index contributed by atoms with van der Waals surface area (Å²) in [4.78, 5) is 20.7. The van der Waals surface area contributed by atoms with Gasteiger partial charge < -0.3 is 15.3 Å². The lowest BCUT2D eigenvalue weighted by Gasteiger charge is -2.49. The maximum Gasteiger partial charge on any atom is 0.237 e. The first-order valence-electron chi connectivity index (χ1n) is 7.42. The molecule has 114 valence electrons. The van der Waals surface area contributed by atoms with Crippen LogP contribution in [0.5, 0.6) is 5.75 Å². The average Bonchev–Trinajstić information content (AvgIpc) is 2.84. The highest BCUT2D eigenvalue weighted by Crippen LogP contribution is 2.28. The van der Waals surface area contributed by atoms with Crippen LogP contribution in [-0.4, -0.2) is 58.7 Å². The number of piperazine rings is 1.